The molecule has 0 N–H and O–H groups in total. The van der Waals surface area contributed by atoms with E-state index in [1.807, 2.05) is 22.8 Å². The minimum atomic E-state index is -0.224. The SMILES string of the molecule is CCOC(=O)CSc1nnc2n1CCN2c1ccccc1. The van der Waals surface area contributed by atoms with E-state index in [4.69, 9.17) is 4.74 Å². The van der Waals surface area contributed by atoms with E-state index in [1.54, 1.807) is 6.92 Å². The van der Waals surface area contributed by atoms with Crippen molar-refractivity contribution >= 4 is 29.4 Å². The summed E-state index contributed by atoms with van der Waals surface area (Å²) in [5.74, 6) is 0.863. The first kappa shape index (κ1) is 13.9. The second-order valence-corrected chi connectivity index (χ2v) is 5.46. The number of thioether (sulfide) groups is 1. The van der Waals surface area contributed by atoms with E-state index in [0.29, 0.717) is 6.61 Å². The highest BCUT2D eigenvalue weighted by Crippen LogP contribution is 2.31. The van der Waals surface area contributed by atoms with Crippen LogP contribution < -0.4 is 4.90 Å². The predicted octanol–water partition coefficient (Wildman–Crippen LogP) is 2.08. The summed E-state index contributed by atoms with van der Waals surface area (Å²) in [6.45, 7) is 3.89. The Balaban J connectivity index is 1.73. The standard InChI is InChI=1S/C14H16N4O2S/c1-2-20-12(19)10-21-14-16-15-13-17(8-9-18(13)14)11-6-4-3-5-7-11/h3-7H,2,8-10H2,1H3. The number of carbonyl (C=O) groups is 1. The van der Waals surface area contributed by atoms with Gasteiger partial charge in [-0.15, -0.1) is 10.2 Å². The third kappa shape index (κ3) is 2.87. The molecular weight excluding hydrogens is 288 g/mol. The zero-order chi connectivity index (χ0) is 14.7. The highest BCUT2D eigenvalue weighted by molar-refractivity contribution is 7.99. The number of rotatable bonds is 5. The predicted molar refractivity (Wildman–Crippen MR) is 80.8 cm³/mol. The number of ether oxygens (including phenoxy) is 1. The first-order chi connectivity index (χ1) is 10.3. The quantitative estimate of drug-likeness (QED) is 0.622. The van der Waals surface area contributed by atoms with Crippen LogP contribution in [0.2, 0.25) is 0 Å². The fraction of sp³-hybridized carbons (Fsp3) is 0.357. The van der Waals surface area contributed by atoms with Crippen molar-refractivity contribution in [3.05, 3.63) is 30.3 Å². The Morgan fingerprint density at radius 2 is 2.10 bits per heavy atom. The van der Waals surface area contributed by atoms with E-state index in [1.165, 1.54) is 11.8 Å². The summed E-state index contributed by atoms with van der Waals surface area (Å²) in [7, 11) is 0. The largest absolute Gasteiger partial charge is 0.465 e. The topological polar surface area (TPSA) is 60.2 Å². The van der Waals surface area contributed by atoms with Crippen LogP contribution in [0.4, 0.5) is 11.6 Å². The van der Waals surface area contributed by atoms with Gasteiger partial charge in [-0.25, -0.2) is 0 Å². The molecular formula is C14H16N4O2S. The molecule has 0 saturated carbocycles. The molecule has 0 atom stereocenters. The summed E-state index contributed by atoms with van der Waals surface area (Å²) in [5.41, 5.74) is 1.10. The molecule has 1 aliphatic heterocycles. The number of benzene rings is 1. The molecule has 0 spiro atoms. The highest BCUT2D eigenvalue weighted by atomic mass is 32.2. The molecule has 1 aromatic carbocycles. The average Bonchev–Trinajstić information content (AvgIpc) is 3.08. The van der Waals surface area contributed by atoms with E-state index in [-0.39, 0.29) is 11.7 Å². The summed E-state index contributed by atoms with van der Waals surface area (Å²) in [4.78, 5) is 13.5. The van der Waals surface area contributed by atoms with Crippen LogP contribution in [0.15, 0.2) is 35.5 Å². The van der Waals surface area contributed by atoms with Gasteiger partial charge in [-0.05, 0) is 19.1 Å². The number of anilines is 2. The first-order valence-electron chi connectivity index (χ1n) is 6.84. The molecule has 2 heterocycles. The molecule has 0 aliphatic carbocycles. The van der Waals surface area contributed by atoms with Gasteiger partial charge in [0, 0.05) is 18.8 Å². The molecule has 3 rings (SSSR count). The molecule has 0 unspecified atom stereocenters. The Hall–Kier alpha value is -2.02. The molecule has 0 radical (unpaired) electrons. The van der Waals surface area contributed by atoms with E-state index in [9.17, 15) is 4.79 Å². The van der Waals surface area contributed by atoms with Gasteiger partial charge in [-0.2, -0.15) is 0 Å². The van der Waals surface area contributed by atoms with Gasteiger partial charge in [-0.1, -0.05) is 30.0 Å². The van der Waals surface area contributed by atoms with Gasteiger partial charge >= 0.3 is 5.97 Å². The summed E-state index contributed by atoms with van der Waals surface area (Å²) >= 11 is 1.37. The number of nitrogens with zero attached hydrogens (tertiary/aromatic N) is 4. The lowest BCUT2D eigenvalue weighted by Crippen LogP contribution is -2.14. The van der Waals surface area contributed by atoms with Crippen molar-refractivity contribution in [1.29, 1.82) is 0 Å². The van der Waals surface area contributed by atoms with Crippen molar-refractivity contribution < 1.29 is 9.53 Å². The molecule has 1 aliphatic rings. The van der Waals surface area contributed by atoms with Crippen molar-refractivity contribution in [3.8, 4) is 0 Å². The zero-order valence-corrected chi connectivity index (χ0v) is 12.5. The van der Waals surface area contributed by atoms with E-state index < -0.39 is 0 Å². The maximum atomic E-state index is 11.4. The van der Waals surface area contributed by atoms with Crippen molar-refractivity contribution in [1.82, 2.24) is 14.8 Å². The Bertz CT molecular complexity index is 629. The Morgan fingerprint density at radius 3 is 2.86 bits per heavy atom. The second-order valence-electron chi connectivity index (χ2n) is 4.52. The highest BCUT2D eigenvalue weighted by Gasteiger charge is 2.26. The Labute approximate surface area is 127 Å². The van der Waals surface area contributed by atoms with Crippen LogP contribution in [0.5, 0.6) is 0 Å². The van der Waals surface area contributed by atoms with Gasteiger partial charge in [-0.3, -0.25) is 9.36 Å². The smallest absolute Gasteiger partial charge is 0.316 e. The van der Waals surface area contributed by atoms with E-state index in [0.717, 1.165) is 29.9 Å². The number of para-hydroxylation sites is 1. The average molecular weight is 304 g/mol. The fourth-order valence-corrected chi connectivity index (χ4v) is 3.02. The van der Waals surface area contributed by atoms with Gasteiger partial charge in [0.25, 0.3) is 0 Å². The summed E-state index contributed by atoms with van der Waals surface area (Å²) < 4.78 is 6.96. The first-order valence-corrected chi connectivity index (χ1v) is 7.82. The van der Waals surface area contributed by atoms with Gasteiger partial charge in [0.15, 0.2) is 5.16 Å². The normalized spacial score (nSPS) is 13.3. The third-order valence-corrected chi connectivity index (χ3v) is 4.12. The molecule has 0 bridgehead atoms. The number of esters is 1. The van der Waals surface area contributed by atoms with Crippen LogP contribution in [-0.4, -0.2) is 39.6 Å². The number of carbonyl (C=O) groups excluding carboxylic acids is 1. The van der Waals surface area contributed by atoms with Crippen molar-refractivity contribution in [3.63, 3.8) is 0 Å². The maximum Gasteiger partial charge on any atom is 0.316 e. The molecule has 2 aromatic rings. The zero-order valence-electron chi connectivity index (χ0n) is 11.7. The van der Waals surface area contributed by atoms with Crippen molar-refractivity contribution in [2.75, 3.05) is 23.8 Å². The van der Waals surface area contributed by atoms with Crippen molar-refractivity contribution in [2.45, 2.75) is 18.6 Å². The van der Waals surface area contributed by atoms with Crippen LogP contribution in [0.3, 0.4) is 0 Å². The minimum Gasteiger partial charge on any atom is -0.465 e. The summed E-state index contributed by atoms with van der Waals surface area (Å²) in [5, 5.41) is 9.18. The summed E-state index contributed by atoms with van der Waals surface area (Å²) in [6.07, 6.45) is 0. The van der Waals surface area contributed by atoms with Crippen LogP contribution in [0.25, 0.3) is 0 Å². The van der Waals surface area contributed by atoms with Crippen molar-refractivity contribution in [2.24, 2.45) is 0 Å². The number of aromatic nitrogens is 3. The minimum absolute atomic E-state index is 0.224. The summed E-state index contributed by atoms with van der Waals surface area (Å²) in [6, 6.07) is 10.1. The van der Waals surface area contributed by atoms with Crippen LogP contribution in [0, 0.1) is 0 Å². The van der Waals surface area contributed by atoms with Crippen LogP contribution >= 0.6 is 11.8 Å². The maximum absolute atomic E-state index is 11.4. The molecule has 0 fully saturated rings. The van der Waals surface area contributed by atoms with Crippen LogP contribution in [-0.2, 0) is 16.1 Å². The Morgan fingerprint density at radius 1 is 1.29 bits per heavy atom. The number of hydrogen-bond donors (Lipinski definition) is 0. The molecule has 6 nitrogen and oxygen atoms in total. The molecule has 21 heavy (non-hydrogen) atoms. The molecule has 1 aromatic heterocycles. The molecule has 7 heteroatoms. The lowest BCUT2D eigenvalue weighted by atomic mass is 10.3. The van der Waals surface area contributed by atoms with Gasteiger partial charge in [0.05, 0.1) is 12.4 Å². The monoisotopic (exact) mass is 304 g/mol. The van der Waals surface area contributed by atoms with Gasteiger partial charge in [0.2, 0.25) is 5.95 Å². The molecule has 0 amide bonds. The van der Waals surface area contributed by atoms with Crippen LogP contribution in [0.1, 0.15) is 6.92 Å². The van der Waals surface area contributed by atoms with Gasteiger partial charge < -0.3 is 9.64 Å². The van der Waals surface area contributed by atoms with E-state index in [2.05, 4.69) is 27.2 Å². The number of fused-ring (bicyclic) bond motifs is 1. The Kier molecular flexibility index (Phi) is 4.10. The lowest BCUT2D eigenvalue weighted by molar-refractivity contribution is -0.139. The second kappa shape index (κ2) is 6.17. The third-order valence-electron chi connectivity index (χ3n) is 3.18. The lowest BCUT2D eigenvalue weighted by Gasteiger charge is -2.14. The number of hydrogen-bond acceptors (Lipinski definition) is 6. The van der Waals surface area contributed by atoms with Gasteiger partial charge in [0.1, 0.15) is 0 Å². The molecule has 0 saturated heterocycles. The molecule has 110 valence electrons. The fourth-order valence-electron chi connectivity index (χ4n) is 2.26. The van der Waals surface area contributed by atoms with E-state index >= 15 is 0 Å².